The largest absolute Gasteiger partial charge is 0.339 e. The van der Waals surface area contributed by atoms with Gasteiger partial charge in [-0.25, -0.2) is 4.98 Å². The number of pyridine rings is 2. The van der Waals surface area contributed by atoms with E-state index in [1.165, 1.54) is 5.39 Å². The lowest BCUT2D eigenvalue weighted by Crippen LogP contribution is -1.90. The summed E-state index contributed by atoms with van der Waals surface area (Å²) in [6.45, 7) is 0. The molecule has 0 unspecified atom stereocenters. The van der Waals surface area contributed by atoms with Crippen molar-refractivity contribution in [3.8, 4) is 11.4 Å². The molecule has 25 heavy (non-hydrogen) atoms. The monoisotopic (exact) mass is 348 g/mol. The van der Waals surface area contributed by atoms with E-state index in [-0.39, 0.29) is 0 Å². The molecule has 3 heterocycles. The minimum atomic E-state index is 0.612. The van der Waals surface area contributed by atoms with E-state index < -0.39 is 0 Å². The summed E-state index contributed by atoms with van der Waals surface area (Å²) in [5, 5.41) is 6.24. The molecule has 0 saturated carbocycles. The van der Waals surface area contributed by atoms with Crippen LogP contribution in [0, 0.1) is 0 Å². The number of aryl methyl sites for hydroxylation is 1. The highest BCUT2D eigenvalue weighted by Gasteiger charge is 2.08. The highest BCUT2D eigenvalue weighted by Crippen LogP contribution is 2.21. The summed E-state index contributed by atoms with van der Waals surface area (Å²) in [5.74, 6) is 2.23. The summed E-state index contributed by atoms with van der Waals surface area (Å²) >= 11 is 1.75. The van der Waals surface area contributed by atoms with Gasteiger partial charge in [0.05, 0.1) is 10.5 Å². The van der Waals surface area contributed by atoms with Crippen LogP contribution in [0.2, 0.25) is 0 Å². The van der Waals surface area contributed by atoms with Crippen LogP contribution in [0.3, 0.4) is 0 Å². The minimum Gasteiger partial charge on any atom is -0.339 e. The lowest BCUT2D eigenvalue weighted by atomic mass is 10.2. The Labute approximate surface area is 149 Å². The first kappa shape index (κ1) is 15.8. The highest BCUT2D eigenvalue weighted by molar-refractivity contribution is 7.99. The van der Waals surface area contributed by atoms with Gasteiger partial charge in [0.1, 0.15) is 0 Å². The molecule has 4 rings (SSSR count). The molecule has 0 N–H and O–H groups in total. The van der Waals surface area contributed by atoms with Crippen LogP contribution in [0.1, 0.15) is 12.3 Å². The van der Waals surface area contributed by atoms with Crippen LogP contribution in [0.15, 0.2) is 70.5 Å². The number of nitrogens with zero attached hydrogens (tertiary/aromatic N) is 4. The van der Waals surface area contributed by atoms with E-state index in [0.29, 0.717) is 11.7 Å². The molecule has 0 aliphatic heterocycles. The molecule has 3 aromatic heterocycles. The quantitative estimate of drug-likeness (QED) is 0.380. The second-order valence-electron chi connectivity index (χ2n) is 5.54. The maximum Gasteiger partial charge on any atom is 0.226 e. The first-order chi connectivity index (χ1) is 12.4. The van der Waals surface area contributed by atoms with E-state index in [9.17, 15) is 0 Å². The Morgan fingerprint density at radius 2 is 1.80 bits per heavy atom. The Morgan fingerprint density at radius 1 is 0.920 bits per heavy atom. The summed E-state index contributed by atoms with van der Waals surface area (Å²) in [5.41, 5.74) is 1.95. The van der Waals surface area contributed by atoms with Crippen LogP contribution in [-0.2, 0) is 6.42 Å². The number of rotatable bonds is 6. The number of benzene rings is 1. The predicted octanol–water partition coefficient (Wildman–Crippen LogP) is 4.40. The van der Waals surface area contributed by atoms with Crippen molar-refractivity contribution in [3.63, 3.8) is 0 Å². The third-order valence-electron chi connectivity index (χ3n) is 3.76. The van der Waals surface area contributed by atoms with Crippen molar-refractivity contribution in [1.29, 1.82) is 0 Å². The molecule has 0 fully saturated rings. The molecule has 0 aliphatic rings. The van der Waals surface area contributed by atoms with Gasteiger partial charge in [0.25, 0.3) is 0 Å². The number of hydrogen-bond acceptors (Lipinski definition) is 6. The zero-order valence-electron chi connectivity index (χ0n) is 13.5. The Morgan fingerprint density at radius 3 is 2.72 bits per heavy atom. The molecule has 0 radical (unpaired) electrons. The Kier molecular flexibility index (Phi) is 4.70. The summed E-state index contributed by atoms with van der Waals surface area (Å²) in [6, 6.07) is 16.1. The average molecular weight is 348 g/mol. The summed E-state index contributed by atoms with van der Waals surface area (Å²) in [6.07, 6.45) is 5.16. The van der Waals surface area contributed by atoms with Gasteiger partial charge in [0.15, 0.2) is 0 Å². The van der Waals surface area contributed by atoms with Crippen LogP contribution >= 0.6 is 11.8 Å². The SMILES string of the molecule is c1ccc2nc(SCCCc3nc(-c4ccncc4)no3)ccc2c1. The lowest BCUT2D eigenvalue weighted by molar-refractivity contribution is 0.378. The second kappa shape index (κ2) is 7.44. The van der Waals surface area contributed by atoms with Gasteiger partial charge < -0.3 is 4.52 Å². The number of para-hydroxylation sites is 1. The van der Waals surface area contributed by atoms with Crippen LogP contribution in [0.4, 0.5) is 0 Å². The van der Waals surface area contributed by atoms with Gasteiger partial charge in [-0.2, -0.15) is 4.98 Å². The van der Waals surface area contributed by atoms with Crippen LogP contribution in [0.5, 0.6) is 0 Å². The van der Waals surface area contributed by atoms with E-state index in [1.807, 2.05) is 30.3 Å². The second-order valence-corrected chi connectivity index (χ2v) is 6.66. The van der Waals surface area contributed by atoms with Gasteiger partial charge in [-0.05, 0) is 36.4 Å². The van der Waals surface area contributed by atoms with Crippen LogP contribution in [-0.4, -0.2) is 25.9 Å². The van der Waals surface area contributed by atoms with Crippen LogP contribution in [0.25, 0.3) is 22.3 Å². The van der Waals surface area contributed by atoms with E-state index in [4.69, 9.17) is 4.52 Å². The number of hydrogen-bond donors (Lipinski definition) is 0. The molecule has 0 spiro atoms. The number of fused-ring (bicyclic) bond motifs is 1. The third kappa shape index (κ3) is 3.85. The molecule has 0 atom stereocenters. The molecule has 124 valence electrons. The maximum atomic E-state index is 5.32. The smallest absolute Gasteiger partial charge is 0.226 e. The molecule has 4 aromatic rings. The number of aromatic nitrogens is 4. The first-order valence-corrected chi connectivity index (χ1v) is 9.09. The molecule has 0 aliphatic carbocycles. The fourth-order valence-electron chi connectivity index (χ4n) is 2.50. The van der Waals surface area contributed by atoms with Gasteiger partial charge in [0, 0.05) is 29.8 Å². The molecule has 6 heteroatoms. The van der Waals surface area contributed by atoms with Crippen molar-refractivity contribution in [2.45, 2.75) is 17.9 Å². The summed E-state index contributed by atoms with van der Waals surface area (Å²) in [4.78, 5) is 13.1. The standard InChI is InChI=1S/C19H16N4OS/c1-2-5-16-14(4-1)7-8-18(21-16)25-13-3-6-17-22-19(23-24-17)15-9-11-20-12-10-15/h1-2,4-5,7-12H,3,6,13H2. The van der Waals surface area contributed by atoms with Crippen molar-refractivity contribution >= 4 is 22.7 Å². The number of thioether (sulfide) groups is 1. The van der Waals surface area contributed by atoms with E-state index in [1.54, 1.807) is 24.2 Å². The molecular weight excluding hydrogens is 332 g/mol. The van der Waals surface area contributed by atoms with Crippen molar-refractivity contribution < 1.29 is 4.52 Å². The molecular formula is C19H16N4OS. The van der Waals surface area contributed by atoms with E-state index >= 15 is 0 Å². The normalized spacial score (nSPS) is 11.0. The molecule has 5 nitrogen and oxygen atoms in total. The Bertz CT molecular complexity index is 971. The fourth-order valence-corrected chi connectivity index (χ4v) is 3.33. The predicted molar refractivity (Wildman–Crippen MR) is 98.3 cm³/mol. The van der Waals surface area contributed by atoms with E-state index in [0.717, 1.165) is 34.7 Å². The van der Waals surface area contributed by atoms with Gasteiger partial charge in [-0.3, -0.25) is 4.98 Å². The van der Waals surface area contributed by atoms with Gasteiger partial charge in [-0.1, -0.05) is 29.4 Å². The lowest BCUT2D eigenvalue weighted by Gasteiger charge is -2.02. The zero-order valence-corrected chi connectivity index (χ0v) is 14.3. The topological polar surface area (TPSA) is 64.7 Å². The summed E-state index contributed by atoms with van der Waals surface area (Å²) < 4.78 is 5.32. The van der Waals surface area contributed by atoms with Crippen molar-refractivity contribution in [1.82, 2.24) is 20.1 Å². The molecule has 0 bridgehead atoms. The van der Waals surface area contributed by atoms with Crippen molar-refractivity contribution in [3.05, 3.63) is 66.8 Å². The average Bonchev–Trinajstić information content (AvgIpc) is 3.15. The minimum absolute atomic E-state index is 0.612. The molecule has 1 aromatic carbocycles. The molecule has 0 saturated heterocycles. The van der Waals surface area contributed by atoms with Crippen molar-refractivity contribution in [2.75, 3.05) is 5.75 Å². The Balaban J connectivity index is 1.31. The first-order valence-electron chi connectivity index (χ1n) is 8.10. The summed E-state index contributed by atoms with van der Waals surface area (Å²) in [7, 11) is 0. The van der Waals surface area contributed by atoms with Gasteiger partial charge in [0.2, 0.25) is 11.7 Å². The fraction of sp³-hybridized carbons (Fsp3) is 0.158. The maximum absolute atomic E-state index is 5.32. The van der Waals surface area contributed by atoms with E-state index in [2.05, 4.69) is 38.3 Å². The van der Waals surface area contributed by atoms with Crippen LogP contribution < -0.4 is 0 Å². The van der Waals surface area contributed by atoms with Crippen molar-refractivity contribution in [2.24, 2.45) is 0 Å². The van der Waals surface area contributed by atoms with Gasteiger partial charge >= 0.3 is 0 Å². The zero-order chi connectivity index (χ0) is 16.9. The highest BCUT2D eigenvalue weighted by atomic mass is 32.2. The Hall–Kier alpha value is -2.73. The molecule has 0 amide bonds. The third-order valence-corrected chi connectivity index (χ3v) is 4.78. The van der Waals surface area contributed by atoms with Gasteiger partial charge in [-0.15, -0.1) is 11.8 Å².